The lowest BCUT2D eigenvalue weighted by molar-refractivity contribution is 0.661. The number of nitrogens with zero attached hydrogens (tertiary/aromatic N) is 1. The lowest BCUT2D eigenvalue weighted by Gasteiger charge is -2.17. The number of aliphatic imine (C=N–C) groups is 1. The fraction of sp³-hybridized carbons (Fsp3) is 0.353. The molecule has 2 aromatic carbocycles. The summed E-state index contributed by atoms with van der Waals surface area (Å²) in [5.41, 5.74) is 0.986. The van der Waals surface area contributed by atoms with E-state index >= 15 is 0 Å². The van der Waals surface area contributed by atoms with Crippen LogP contribution in [0.15, 0.2) is 47.5 Å². The quantitative estimate of drug-likeness (QED) is 0.656. The summed E-state index contributed by atoms with van der Waals surface area (Å²) in [5, 5.41) is 9.11. The second-order valence-corrected chi connectivity index (χ2v) is 5.56. The van der Waals surface area contributed by atoms with Gasteiger partial charge in [0.15, 0.2) is 5.96 Å². The van der Waals surface area contributed by atoms with E-state index in [0.717, 1.165) is 11.6 Å². The minimum Gasteiger partial charge on any atom is -0.354 e. The molecule has 0 amide bonds. The molecule has 0 unspecified atom stereocenters. The molecule has 0 fully saturated rings. The molecule has 0 aromatic heterocycles. The van der Waals surface area contributed by atoms with Crippen molar-refractivity contribution in [3.63, 3.8) is 0 Å². The molecule has 0 spiro atoms. The summed E-state index contributed by atoms with van der Waals surface area (Å²) in [4.78, 5) is 4.76. The van der Waals surface area contributed by atoms with Crippen LogP contribution in [0.3, 0.4) is 0 Å². The maximum absolute atomic E-state index is 4.76. The summed E-state index contributed by atoms with van der Waals surface area (Å²) >= 11 is 0. The average molecular weight is 269 g/mol. The summed E-state index contributed by atoms with van der Waals surface area (Å²) in [6.07, 6.45) is 0. The molecule has 0 aliphatic heterocycles. The molecular weight excluding hydrogens is 246 g/mol. The van der Waals surface area contributed by atoms with Gasteiger partial charge in [0.2, 0.25) is 0 Å². The van der Waals surface area contributed by atoms with Crippen molar-refractivity contribution in [2.75, 3.05) is 0 Å². The minimum atomic E-state index is 0.343. The molecule has 0 saturated carbocycles. The number of hydrogen-bond acceptors (Lipinski definition) is 1. The summed E-state index contributed by atoms with van der Waals surface area (Å²) in [6, 6.07) is 15.2. The number of nitrogens with one attached hydrogen (secondary N) is 2. The van der Waals surface area contributed by atoms with Crippen LogP contribution in [0.5, 0.6) is 0 Å². The van der Waals surface area contributed by atoms with Crippen LogP contribution in [0, 0.1) is 0 Å². The molecule has 0 radical (unpaired) electrons. The van der Waals surface area contributed by atoms with E-state index in [1.165, 1.54) is 10.8 Å². The van der Waals surface area contributed by atoms with Gasteiger partial charge in [0.1, 0.15) is 0 Å². The number of fused-ring (bicyclic) bond motifs is 1. The fourth-order valence-corrected chi connectivity index (χ4v) is 2.08. The summed E-state index contributed by atoms with van der Waals surface area (Å²) in [5.74, 6) is 0.825. The van der Waals surface area contributed by atoms with E-state index in [4.69, 9.17) is 4.99 Å². The number of rotatable bonds is 3. The van der Waals surface area contributed by atoms with Crippen molar-refractivity contribution >= 4 is 22.4 Å². The van der Waals surface area contributed by atoms with E-state index in [9.17, 15) is 0 Å². The van der Waals surface area contributed by atoms with Crippen molar-refractivity contribution in [2.45, 2.75) is 39.8 Å². The van der Waals surface area contributed by atoms with Crippen LogP contribution in [0.25, 0.3) is 10.8 Å². The zero-order valence-electron chi connectivity index (χ0n) is 12.6. The van der Waals surface area contributed by atoms with Crippen LogP contribution < -0.4 is 10.6 Å². The van der Waals surface area contributed by atoms with Gasteiger partial charge in [0.25, 0.3) is 0 Å². The molecule has 0 heterocycles. The van der Waals surface area contributed by atoms with Crippen LogP contribution in [0.2, 0.25) is 0 Å². The first kappa shape index (κ1) is 14.4. The Morgan fingerprint density at radius 1 is 0.850 bits per heavy atom. The van der Waals surface area contributed by atoms with Crippen LogP contribution in [0.4, 0.5) is 5.69 Å². The third-order valence-electron chi connectivity index (χ3n) is 2.85. The number of hydrogen-bond donors (Lipinski definition) is 2. The first-order chi connectivity index (χ1) is 9.56. The van der Waals surface area contributed by atoms with Crippen LogP contribution in [-0.2, 0) is 0 Å². The average Bonchev–Trinajstić information content (AvgIpc) is 2.37. The van der Waals surface area contributed by atoms with Gasteiger partial charge in [0.05, 0.1) is 5.69 Å². The Hall–Kier alpha value is -2.03. The van der Waals surface area contributed by atoms with Crippen molar-refractivity contribution in [2.24, 2.45) is 4.99 Å². The highest BCUT2D eigenvalue weighted by Gasteiger charge is 2.05. The van der Waals surface area contributed by atoms with E-state index in [1.807, 2.05) is 18.2 Å². The summed E-state index contributed by atoms with van der Waals surface area (Å²) in [7, 11) is 0. The first-order valence-electron chi connectivity index (χ1n) is 7.16. The van der Waals surface area contributed by atoms with Gasteiger partial charge in [-0.15, -0.1) is 0 Å². The number of benzene rings is 2. The maximum Gasteiger partial charge on any atom is 0.196 e. The topological polar surface area (TPSA) is 36.4 Å². The summed E-state index contributed by atoms with van der Waals surface area (Å²) < 4.78 is 0. The molecule has 0 aliphatic rings. The van der Waals surface area contributed by atoms with Gasteiger partial charge in [-0.25, -0.2) is 4.99 Å². The van der Waals surface area contributed by atoms with Crippen LogP contribution in [0.1, 0.15) is 27.7 Å². The minimum absolute atomic E-state index is 0.343. The third-order valence-corrected chi connectivity index (χ3v) is 2.85. The van der Waals surface area contributed by atoms with E-state index in [2.05, 4.69) is 62.6 Å². The Balaban J connectivity index is 2.41. The molecule has 0 bridgehead atoms. The molecule has 2 rings (SSSR count). The van der Waals surface area contributed by atoms with E-state index in [0.29, 0.717) is 12.1 Å². The van der Waals surface area contributed by atoms with Gasteiger partial charge in [-0.3, -0.25) is 0 Å². The highest BCUT2D eigenvalue weighted by molar-refractivity contribution is 5.95. The lowest BCUT2D eigenvalue weighted by atomic mass is 10.1. The van der Waals surface area contributed by atoms with Gasteiger partial charge in [0, 0.05) is 17.5 Å². The monoisotopic (exact) mass is 269 g/mol. The van der Waals surface area contributed by atoms with E-state index < -0.39 is 0 Å². The van der Waals surface area contributed by atoms with Gasteiger partial charge >= 0.3 is 0 Å². The van der Waals surface area contributed by atoms with Crippen molar-refractivity contribution in [3.05, 3.63) is 42.5 Å². The van der Waals surface area contributed by atoms with Crippen molar-refractivity contribution in [1.82, 2.24) is 10.6 Å². The molecule has 2 aromatic rings. The van der Waals surface area contributed by atoms with Gasteiger partial charge in [-0.05, 0) is 39.1 Å². The Bertz CT molecular complexity index is 583. The SMILES string of the molecule is CC(C)NC(=Nc1cccc2ccccc12)NC(C)C. The molecule has 106 valence electrons. The Morgan fingerprint density at radius 3 is 2.10 bits per heavy atom. The number of guanidine groups is 1. The standard InChI is InChI=1S/C17H23N3/c1-12(2)18-17(19-13(3)4)20-16-11-7-9-14-8-5-6-10-15(14)16/h5-13H,1-4H3,(H2,18,19,20). The van der Waals surface area contributed by atoms with Gasteiger partial charge in [-0.1, -0.05) is 36.4 Å². The lowest BCUT2D eigenvalue weighted by Crippen LogP contribution is -2.43. The molecule has 3 nitrogen and oxygen atoms in total. The van der Waals surface area contributed by atoms with Gasteiger partial charge in [-0.2, -0.15) is 0 Å². The zero-order valence-corrected chi connectivity index (χ0v) is 12.6. The third kappa shape index (κ3) is 3.73. The van der Waals surface area contributed by atoms with E-state index in [-0.39, 0.29) is 0 Å². The molecule has 2 N–H and O–H groups in total. The van der Waals surface area contributed by atoms with Crippen molar-refractivity contribution < 1.29 is 0 Å². The highest BCUT2D eigenvalue weighted by atomic mass is 15.2. The molecule has 0 saturated heterocycles. The second kappa shape index (κ2) is 6.42. The predicted molar refractivity (Wildman–Crippen MR) is 87.6 cm³/mol. The smallest absolute Gasteiger partial charge is 0.196 e. The molecule has 20 heavy (non-hydrogen) atoms. The predicted octanol–water partition coefficient (Wildman–Crippen LogP) is 3.82. The first-order valence-corrected chi connectivity index (χ1v) is 7.16. The fourth-order valence-electron chi connectivity index (χ4n) is 2.08. The largest absolute Gasteiger partial charge is 0.354 e. The molecule has 0 atom stereocenters. The summed E-state index contributed by atoms with van der Waals surface area (Å²) in [6.45, 7) is 8.45. The van der Waals surface area contributed by atoms with E-state index in [1.54, 1.807) is 0 Å². The maximum atomic E-state index is 4.76. The van der Waals surface area contributed by atoms with Gasteiger partial charge < -0.3 is 10.6 Å². The molecular formula is C17H23N3. The normalized spacial score (nSPS) is 10.9. The van der Waals surface area contributed by atoms with Crippen molar-refractivity contribution in [3.8, 4) is 0 Å². The Morgan fingerprint density at radius 2 is 1.45 bits per heavy atom. The second-order valence-electron chi connectivity index (χ2n) is 5.56. The van der Waals surface area contributed by atoms with Crippen LogP contribution >= 0.6 is 0 Å². The zero-order chi connectivity index (χ0) is 14.5. The molecule has 0 aliphatic carbocycles. The van der Waals surface area contributed by atoms with Crippen molar-refractivity contribution in [1.29, 1.82) is 0 Å². The Labute approximate surface area is 121 Å². The Kier molecular flexibility index (Phi) is 4.61. The molecule has 3 heteroatoms. The van der Waals surface area contributed by atoms with Crippen LogP contribution in [-0.4, -0.2) is 18.0 Å². The highest BCUT2D eigenvalue weighted by Crippen LogP contribution is 2.25.